The fraction of sp³-hybridized carbons (Fsp3) is 0.333. The van der Waals surface area contributed by atoms with E-state index in [0.29, 0.717) is 35.7 Å². The normalized spacial score (nSPS) is 11.9. The third-order valence-corrected chi connectivity index (χ3v) is 4.42. The maximum Gasteiger partial charge on any atom is 0.416 e. The molecule has 1 amide bonds. The van der Waals surface area contributed by atoms with Gasteiger partial charge in [0.05, 0.1) is 23.6 Å². The molecule has 0 fully saturated rings. The number of pyridine rings is 1. The van der Waals surface area contributed by atoms with Gasteiger partial charge in [-0.25, -0.2) is 4.98 Å². The van der Waals surface area contributed by atoms with Crippen LogP contribution in [0.4, 0.5) is 13.2 Å². The summed E-state index contributed by atoms with van der Waals surface area (Å²) in [6, 6.07) is 10.4. The number of halogens is 3. The predicted molar refractivity (Wildman–Crippen MR) is 107 cm³/mol. The minimum atomic E-state index is -4.45. The molecule has 30 heavy (non-hydrogen) atoms. The highest BCUT2D eigenvalue weighted by atomic mass is 19.4. The van der Waals surface area contributed by atoms with Crippen LogP contribution in [0.2, 0.25) is 0 Å². The van der Waals surface area contributed by atoms with E-state index >= 15 is 0 Å². The molecule has 0 radical (unpaired) electrons. The Morgan fingerprint density at radius 3 is 2.73 bits per heavy atom. The first-order valence-electron chi connectivity index (χ1n) is 9.38. The fourth-order valence-electron chi connectivity index (χ4n) is 3.00. The summed E-state index contributed by atoms with van der Waals surface area (Å²) in [4.78, 5) is 18.3. The standard InChI is InChI=1S/C21H23F3N4O2/c1-27(2)11-9-25-19(29)14-30-13-17-20(28-10-4-3-8-18(28)26-17)15-6-5-7-16(12-15)21(22,23)24/h3-8,10,12H,9,11,13-14H2,1-2H3,(H,25,29). The molecule has 6 nitrogen and oxygen atoms in total. The van der Waals surface area contributed by atoms with Crippen LogP contribution < -0.4 is 5.32 Å². The molecule has 3 rings (SSSR count). The number of rotatable bonds is 8. The van der Waals surface area contributed by atoms with E-state index in [9.17, 15) is 18.0 Å². The van der Waals surface area contributed by atoms with Gasteiger partial charge in [0.2, 0.25) is 5.91 Å². The van der Waals surface area contributed by atoms with Gasteiger partial charge in [-0.05, 0) is 38.4 Å². The number of hydrogen-bond donors (Lipinski definition) is 1. The Balaban J connectivity index is 1.80. The van der Waals surface area contributed by atoms with Crippen LogP contribution in [-0.4, -0.2) is 54.0 Å². The number of ether oxygens (including phenoxy) is 1. The number of carbonyl (C=O) groups excluding carboxylic acids is 1. The Morgan fingerprint density at radius 1 is 1.20 bits per heavy atom. The Kier molecular flexibility index (Phi) is 6.73. The first kappa shape index (κ1) is 21.8. The molecule has 0 saturated heterocycles. The van der Waals surface area contributed by atoms with Crippen LogP contribution in [0, 0.1) is 0 Å². The van der Waals surface area contributed by atoms with Crippen LogP contribution in [0.15, 0.2) is 48.7 Å². The summed E-state index contributed by atoms with van der Waals surface area (Å²) in [6.45, 7) is 1.04. The number of aromatic nitrogens is 2. The topological polar surface area (TPSA) is 58.9 Å². The second-order valence-corrected chi connectivity index (χ2v) is 7.06. The van der Waals surface area contributed by atoms with E-state index in [-0.39, 0.29) is 19.1 Å². The van der Waals surface area contributed by atoms with Gasteiger partial charge in [-0.2, -0.15) is 13.2 Å². The number of likely N-dealkylation sites (N-methyl/N-ethyl adjacent to an activating group) is 1. The molecule has 0 unspecified atom stereocenters. The van der Waals surface area contributed by atoms with Gasteiger partial charge in [0.15, 0.2) is 0 Å². The zero-order chi connectivity index (χ0) is 21.7. The van der Waals surface area contributed by atoms with Gasteiger partial charge in [-0.15, -0.1) is 0 Å². The molecule has 9 heteroatoms. The third-order valence-electron chi connectivity index (χ3n) is 4.42. The van der Waals surface area contributed by atoms with E-state index in [1.165, 1.54) is 6.07 Å². The van der Waals surface area contributed by atoms with E-state index < -0.39 is 11.7 Å². The number of nitrogens with zero attached hydrogens (tertiary/aromatic N) is 3. The third kappa shape index (κ3) is 5.37. The van der Waals surface area contributed by atoms with Crippen molar-refractivity contribution in [2.24, 2.45) is 0 Å². The molecule has 0 bridgehead atoms. The van der Waals surface area contributed by atoms with Crippen LogP contribution in [0.25, 0.3) is 16.9 Å². The minimum absolute atomic E-state index is 0.00560. The highest BCUT2D eigenvalue weighted by Crippen LogP contribution is 2.33. The first-order valence-corrected chi connectivity index (χ1v) is 9.38. The molecule has 0 atom stereocenters. The molecule has 2 heterocycles. The van der Waals surface area contributed by atoms with Crippen molar-refractivity contribution >= 4 is 11.6 Å². The van der Waals surface area contributed by atoms with Crippen molar-refractivity contribution < 1.29 is 22.7 Å². The summed E-state index contributed by atoms with van der Waals surface area (Å²) < 4.78 is 46.7. The summed E-state index contributed by atoms with van der Waals surface area (Å²) in [7, 11) is 3.81. The molecule has 3 aromatic rings. The van der Waals surface area contributed by atoms with Crippen LogP contribution in [0.5, 0.6) is 0 Å². The molecule has 1 aromatic carbocycles. The Bertz CT molecular complexity index is 1010. The van der Waals surface area contributed by atoms with E-state index in [2.05, 4.69) is 10.3 Å². The number of nitrogens with one attached hydrogen (secondary N) is 1. The Morgan fingerprint density at radius 2 is 2.00 bits per heavy atom. The molecule has 160 valence electrons. The summed E-state index contributed by atoms with van der Waals surface area (Å²) in [5.41, 5.74) is 1.18. The lowest BCUT2D eigenvalue weighted by Crippen LogP contribution is -2.33. The second-order valence-electron chi connectivity index (χ2n) is 7.06. The number of alkyl halides is 3. The van der Waals surface area contributed by atoms with E-state index in [1.54, 1.807) is 34.9 Å². The molecule has 1 N–H and O–H groups in total. The van der Waals surface area contributed by atoms with Crippen LogP contribution >= 0.6 is 0 Å². The first-order chi connectivity index (χ1) is 14.3. The maximum atomic E-state index is 13.2. The summed E-state index contributed by atoms with van der Waals surface area (Å²) in [5, 5.41) is 2.74. The number of carbonyl (C=O) groups is 1. The Hall–Kier alpha value is -2.91. The lowest BCUT2D eigenvalue weighted by molar-refractivity contribution is -0.137. The highest BCUT2D eigenvalue weighted by molar-refractivity contribution is 5.77. The van der Waals surface area contributed by atoms with Crippen molar-refractivity contribution in [3.63, 3.8) is 0 Å². The average molecular weight is 420 g/mol. The molecule has 0 spiro atoms. The van der Waals surface area contributed by atoms with Crippen molar-refractivity contribution in [3.05, 3.63) is 59.9 Å². The minimum Gasteiger partial charge on any atom is -0.365 e. The van der Waals surface area contributed by atoms with Gasteiger partial charge in [0.1, 0.15) is 12.3 Å². The summed E-state index contributed by atoms with van der Waals surface area (Å²) in [5.74, 6) is -0.263. The molecule has 0 aliphatic rings. The van der Waals surface area contributed by atoms with Crippen molar-refractivity contribution in [1.82, 2.24) is 19.6 Å². The number of benzene rings is 1. The van der Waals surface area contributed by atoms with Gasteiger partial charge in [0, 0.05) is 24.8 Å². The van der Waals surface area contributed by atoms with E-state index in [4.69, 9.17) is 4.74 Å². The molecule has 0 aliphatic carbocycles. The largest absolute Gasteiger partial charge is 0.416 e. The summed E-state index contributed by atoms with van der Waals surface area (Å²) in [6.07, 6.45) is -2.72. The van der Waals surface area contributed by atoms with Crippen LogP contribution in [0.1, 0.15) is 11.3 Å². The van der Waals surface area contributed by atoms with Crippen molar-refractivity contribution in [2.45, 2.75) is 12.8 Å². The molecular weight excluding hydrogens is 397 g/mol. The SMILES string of the molecule is CN(C)CCNC(=O)COCc1nc2ccccn2c1-c1cccc(C(F)(F)F)c1. The second kappa shape index (κ2) is 9.27. The van der Waals surface area contributed by atoms with Gasteiger partial charge in [-0.3, -0.25) is 9.20 Å². The number of fused-ring (bicyclic) bond motifs is 1. The monoisotopic (exact) mass is 420 g/mol. The Labute approximate surface area is 172 Å². The average Bonchev–Trinajstić information content (AvgIpc) is 3.05. The highest BCUT2D eigenvalue weighted by Gasteiger charge is 2.31. The van der Waals surface area contributed by atoms with Gasteiger partial charge in [0.25, 0.3) is 0 Å². The molecule has 0 saturated carbocycles. The zero-order valence-electron chi connectivity index (χ0n) is 16.7. The van der Waals surface area contributed by atoms with Gasteiger partial charge >= 0.3 is 6.18 Å². The quantitative estimate of drug-likeness (QED) is 0.608. The van der Waals surface area contributed by atoms with Crippen molar-refractivity contribution in [3.8, 4) is 11.3 Å². The van der Waals surface area contributed by atoms with E-state index in [1.807, 2.05) is 19.0 Å². The van der Waals surface area contributed by atoms with Crippen LogP contribution in [-0.2, 0) is 22.3 Å². The predicted octanol–water partition coefficient (Wildman–Crippen LogP) is 3.21. The van der Waals surface area contributed by atoms with Crippen molar-refractivity contribution in [2.75, 3.05) is 33.8 Å². The zero-order valence-corrected chi connectivity index (χ0v) is 16.7. The molecule has 0 aliphatic heterocycles. The fourth-order valence-corrected chi connectivity index (χ4v) is 3.00. The lowest BCUT2D eigenvalue weighted by atomic mass is 10.1. The smallest absolute Gasteiger partial charge is 0.365 e. The number of amides is 1. The number of imidazole rings is 1. The summed E-state index contributed by atoms with van der Waals surface area (Å²) >= 11 is 0. The van der Waals surface area contributed by atoms with Gasteiger partial charge in [-0.1, -0.05) is 18.2 Å². The molecule has 2 aromatic heterocycles. The van der Waals surface area contributed by atoms with Gasteiger partial charge < -0.3 is 15.0 Å². The maximum absolute atomic E-state index is 13.2. The lowest BCUT2D eigenvalue weighted by Gasteiger charge is -2.11. The van der Waals surface area contributed by atoms with E-state index in [0.717, 1.165) is 12.1 Å². The molecular formula is C21H23F3N4O2. The van der Waals surface area contributed by atoms with Crippen LogP contribution in [0.3, 0.4) is 0 Å². The van der Waals surface area contributed by atoms with Crippen molar-refractivity contribution in [1.29, 1.82) is 0 Å². The number of hydrogen-bond acceptors (Lipinski definition) is 4.